The number of nitrogens with zero attached hydrogens (tertiary/aromatic N) is 2. The smallest absolute Gasteiger partial charge is 0.237 e. The molecule has 3 aromatic carbocycles. The molecular weight excluding hydrogens is 521 g/mol. The van der Waals surface area contributed by atoms with Crippen LogP contribution in [0.25, 0.3) is 10.2 Å². The maximum atomic E-state index is 12.9. The van der Waals surface area contributed by atoms with Crippen molar-refractivity contribution in [3.8, 4) is 5.75 Å². The molecule has 2 N–H and O–H groups in total. The molecule has 0 saturated carbocycles. The van der Waals surface area contributed by atoms with Crippen molar-refractivity contribution in [1.82, 2.24) is 4.98 Å². The molecular formula is C26H23Cl2N3O2S2. The molecule has 1 aromatic heterocycles. The van der Waals surface area contributed by atoms with E-state index in [-0.39, 0.29) is 21.9 Å². The quantitative estimate of drug-likeness (QED) is 0.190. The number of carbonyl (C=O) groups is 1. The van der Waals surface area contributed by atoms with Crippen molar-refractivity contribution in [2.24, 2.45) is 4.99 Å². The molecule has 0 aliphatic heterocycles. The van der Waals surface area contributed by atoms with Crippen molar-refractivity contribution in [3.05, 3.63) is 74.8 Å². The summed E-state index contributed by atoms with van der Waals surface area (Å²) in [6.07, 6.45) is 1.52. The number of aromatic nitrogens is 1. The summed E-state index contributed by atoms with van der Waals surface area (Å²) in [5, 5.41) is 13.5. The van der Waals surface area contributed by atoms with E-state index in [9.17, 15) is 9.90 Å². The largest absolute Gasteiger partial charge is 0.506 e. The predicted molar refractivity (Wildman–Crippen MR) is 150 cm³/mol. The Kier molecular flexibility index (Phi) is 7.71. The zero-order valence-electron chi connectivity index (χ0n) is 19.5. The van der Waals surface area contributed by atoms with Gasteiger partial charge in [-0.3, -0.25) is 9.79 Å². The highest BCUT2D eigenvalue weighted by atomic mass is 35.5. The van der Waals surface area contributed by atoms with E-state index in [1.165, 1.54) is 40.9 Å². The Balaban J connectivity index is 1.48. The third-order valence-electron chi connectivity index (χ3n) is 5.33. The van der Waals surface area contributed by atoms with Crippen LogP contribution in [0.1, 0.15) is 29.2 Å². The van der Waals surface area contributed by atoms with Crippen LogP contribution in [-0.2, 0) is 4.79 Å². The lowest BCUT2D eigenvalue weighted by Crippen LogP contribution is -2.23. The minimum atomic E-state index is -0.316. The standard InChI is InChI=1S/C26H23Cl2N3O2S2/c1-13-7-14(2)23(15(3)8-13)31-25(33)16(4)34-26-30-21-6-5-19(11-22(21)35-26)29-12-17-9-18(27)10-20(28)24(17)32/h5-12,16,32H,1-4H3,(H,31,33)/t16-/m0/s1. The van der Waals surface area contributed by atoms with E-state index in [1.807, 2.05) is 45.9 Å². The third kappa shape index (κ3) is 5.98. The van der Waals surface area contributed by atoms with E-state index in [4.69, 9.17) is 23.2 Å². The van der Waals surface area contributed by atoms with Crippen LogP contribution < -0.4 is 5.32 Å². The number of phenols is 1. The number of halogens is 2. The van der Waals surface area contributed by atoms with Crippen LogP contribution in [0.15, 0.2) is 51.8 Å². The maximum absolute atomic E-state index is 12.9. The van der Waals surface area contributed by atoms with Crippen molar-refractivity contribution >= 4 is 80.0 Å². The number of aromatic hydroxyl groups is 1. The zero-order valence-corrected chi connectivity index (χ0v) is 22.7. The number of thiazole rings is 1. The minimum absolute atomic E-state index is 0.0606. The predicted octanol–water partition coefficient (Wildman–Crippen LogP) is 8.10. The molecule has 0 saturated heterocycles. The first kappa shape index (κ1) is 25.5. The highest BCUT2D eigenvalue weighted by Gasteiger charge is 2.19. The molecule has 35 heavy (non-hydrogen) atoms. The topological polar surface area (TPSA) is 74.6 Å². The number of phenolic OH excluding ortho intramolecular Hbond substituents is 1. The number of benzene rings is 3. The number of fused-ring (bicyclic) bond motifs is 1. The first-order chi connectivity index (χ1) is 16.6. The van der Waals surface area contributed by atoms with E-state index in [1.54, 1.807) is 6.07 Å². The summed E-state index contributed by atoms with van der Waals surface area (Å²) in [6.45, 7) is 7.93. The van der Waals surface area contributed by atoms with Crippen molar-refractivity contribution < 1.29 is 9.90 Å². The molecule has 180 valence electrons. The van der Waals surface area contributed by atoms with E-state index >= 15 is 0 Å². The van der Waals surface area contributed by atoms with Crippen molar-refractivity contribution in [2.45, 2.75) is 37.3 Å². The summed E-state index contributed by atoms with van der Waals surface area (Å²) in [5.41, 5.74) is 6.11. The van der Waals surface area contributed by atoms with Crippen LogP contribution in [0.4, 0.5) is 11.4 Å². The third-order valence-corrected chi connectivity index (χ3v) is 8.05. The molecule has 1 atom stereocenters. The van der Waals surface area contributed by atoms with Crippen LogP contribution in [0.3, 0.4) is 0 Å². The van der Waals surface area contributed by atoms with Gasteiger partial charge in [-0.25, -0.2) is 4.98 Å². The average molecular weight is 545 g/mol. The number of anilines is 1. The maximum Gasteiger partial charge on any atom is 0.237 e. The lowest BCUT2D eigenvalue weighted by molar-refractivity contribution is -0.115. The molecule has 4 rings (SSSR count). The fraction of sp³-hybridized carbons (Fsp3) is 0.192. The van der Waals surface area contributed by atoms with Crippen molar-refractivity contribution in [1.29, 1.82) is 0 Å². The Morgan fingerprint density at radius 1 is 1.14 bits per heavy atom. The summed E-state index contributed by atoms with van der Waals surface area (Å²) in [7, 11) is 0. The van der Waals surface area contributed by atoms with Gasteiger partial charge in [-0.2, -0.15) is 0 Å². The number of thioether (sulfide) groups is 1. The van der Waals surface area contributed by atoms with Gasteiger partial charge >= 0.3 is 0 Å². The Bertz CT molecular complexity index is 1440. The number of aryl methyl sites for hydroxylation is 3. The molecule has 0 unspecified atom stereocenters. The Labute approximate surface area is 222 Å². The number of rotatable bonds is 6. The zero-order chi connectivity index (χ0) is 25.3. The molecule has 0 bridgehead atoms. The van der Waals surface area contributed by atoms with Crippen molar-refractivity contribution in [3.63, 3.8) is 0 Å². The second-order valence-electron chi connectivity index (χ2n) is 8.24. The lowest BCUT2D eigenvalue weighted by Gasteiger charge is -2.15. The van der Waals surface area contributed by atoms with E-state index in [0.29, 0.717) is 16.3 Å². The highest BCUT2D eigenvalue weighted by molar-refractivity contribution is 8.02. The van der Waals surface area contributed by atoms with E-state index in [2.05, 4.69) is 27.4 Å². The lowest BCUT2D eigenvalue weighted by atomic mass is 10.1. The van der Waals surface area contributed by atoms with Gasteiger partial charge in [0.25, 0.3) is 0 Å². The number of hydrogen-bond donors (Lipinski definition) is 2. The molecule has 9 heteroatoms. The van der Waals surface area contributed by atoms with Gasteiger partial charge in [-0.05, 0) is 69.2 Å². The highest BCUT2D eigenvalue weighted by Crippen LogP contribution is 2.35. The van der Waals surface area contributed by atoms with Gasteiger partial charge in [0.1, 0.15) is 5.75 Å². The van der Waals surface area contributed by atoms with E-state index in [0.717, 1.165) is 31.4 Å². The van der Waals surface area contributed by atoms with Gasteiger partial charge < -0.3 is 10.4 Å². The molecule has 0 radical (unpaired) electrons. The van der Waals surface area contributed by atoms with E-state index < -0.39 is 0 Å². The molecule has 1 heterocycles. The van der Waals surface area contributed by atoms with Crippen LogP contribution in [0, 0.1) is 20.8 Å². The first-order valence-electron chi connectivity index (χ1n) is 10.8. The second-order valence-corrected chi connectivity index (χ2v) is 11.7. The molecule has 4 aromatic rings. The Hall–Kier alpha value is -2.58. The minimum Gasteiger partial charge on any atom is -0.506 e. The number of hydrogen-bond acceptors (Lipinski definition) is 6. The average Bonchev–Trinajstić information content (AvgIpc) is 3.18. The van der Waals surface area contributed by atoms with Crippen LogP contribution in [0.2, 0.25) is 10.0 Å². The van der Waals surface area contributed by atoms with Gasteiger partial charge in [-0.1, -0.05) is 52.7 Å². The molecule has 5 nitrogen and oxygen atoms in total. The molecule has 0 aliphatic carbocycles. The summed E-state index contributed by atoms with van der Waals surface area (Å²) >= 11 is 14.9. The fourth-order valence-corrected chi connectivity index (χ4v) is 6.41. The number of nitrogens with one attached hydrogen (secondary N) is 1. The van der Waals surface area contributed by atoms with Crippen molar-refractivity contribution in [2.75, 3.05) is 5.32 Å². The second kappa shape index (κ2) is 10.6. The molecule has 1 amide bonds. The monoisotopic (exact) mass is 543 g/mol. The van der Waals surface area contributed by atoms with Crippen LogP contribution >= 0.6 is 46.3 Å². The number of aliphatic imine (C=N–C) groups is 1. The summed E-state index contributed by atoms with van der Waals surface area (Å²) in [4.78, 5) is 22.0. The van der Waals surface area contributed by atoms with Gasteiger partial charge in [0.05, 0.1) is 26.2 Å². The van der Waals surface area contributed by atoms with Crippen LogP contribution in [-0.4, -0.2) is 27.5 Å². The molecule has 0 fully saturated rings. The first-order valence-corrected chi connectivity index (χ1v) is 13.2. The Morgan fingerprint density at radius 3 is 2.57 bits per heavy atom. The van der Waals surface area contributed by atoms with Gasteiger partial charge in [0, 0.05) is 22.5 Å². The van der Waals surface area contributed by atoms with Gasteiger partial charge in [-0.15, -0.1) is 11.3 Å². The molecule has 0 spiro atoms. The molecule has 0 aliphatic rings. The SMILES string of the molecule is Cc1cc(C)c(NC(=O)[C@H](C)Sc2nc3ccc(N=Cc4cc(Cl)cc(Cl)c4O)cc3s2)c(C)c1. The van der Waals surface area contributed by atoms with Gasteiger partial charge in [0.2, 0.25) is 5.91 Å². The van der Waals surface area contributed by atoms with Crippen LogP contribution in [0.5, 0.6) is 5.75 Å². The number of carbonyl (C=O) groups excluding carboxylic acids is 1. The fourth-order valence-electron chi connectivity index (χ4n) is 3.66. The normalized spacial score (nSPS) is 12.4. The van der Waals surface area contributed by atoms with Gasteiger partial charge in [0.15, 0.2) is 4.34 Å². The number of amides is 1. The summed E-state index contributed by atoms with van der Waals surface area (Å²) < 4.78 is 1.76. The Morgan fingerprint density at radius 2 is 1.86 bits per heavy atom. The summed E-state index contributed by atoms with van der Waals surface area (Å²) in [6, 6.07) is 12.8. The summed E-state index contributed by atoms with van der Waals surface area (Å²) in [5.74, 6) is -0.129.